The molecule has 0 saturated carbocycles. The van der Waals surface area contributed by atoms with Crippen molar-refractivity contribution in [1.82, 2.24) is 34.4 Å². The predicted octanol–water partition coefficient (Wildman–Crippen LogP) is 7.03. The molecule has 8 heterocycles. The average Bonchev–Trinajstić information content (AvgIpc) is 4.00. The van der Waals surface area contributed by atoms with Crippen LogP contribution in [0.15, 0.2) is 96.0 Å². The second kappa shape index (κ2) is 17.9. The molecule has 2 amide bonds. The van der Waals surface area contributed by atoms with Crippen molar-refractivity contribution in [3.05, 3.63) is 114 Å². The first-order valence-electron chi connectivity index (χ1n) is 20.5. The van der Waals surface area contributed by atoms with Gasteiger partial charge in [0.15, 0.2) is 15.7 Å². The Hall–Kier alpha value is -5.28. The van der Waals surface area contributed by atoms with Crippen LogP contribution < -0.4 is 4.90 Å². The maximum atomic E-state index is 14.2. The van der Waals surface area contributed by atoms with E-state index >= 15 is 0 Å². The third-order valence-corrected chi connectivity index (χ3v) is 14.7. The number of carbonyl (C=O) groups excluding carboxylic acids is 2. The number of nitrogens with zero attached hydrogens (tertiary/aromatic N) is 8. The number of thiazole rings is 1. The molecule has 308 valence electrons. The van der Waals surface area contributed by atoms with Crippen molar-refractivity contribution in [1.29, 1.82) is 0 Å². The Morgan fingerprint density at radius 3 is 2.41 bits per heavy atom. The molecule has 15 heteroatoms. The Morgan fingerprint density at radius 1 is 0.847 bits per heavy atom. The molecule has 3 aliphatic rings. The number of likely N-dealkylation sites (tertiary alicyclic amines) is 2. The van der Waals surface area contributed by atoms with E-state index in [1.54, 1.807) is 40.9 Å². The highest BCUT2D eigenvalue weighted by Crippen LogP contribution is 2.36. The summed E-state index contributed by atoms with van der Waals surface area (Å²) < 4.78 is 42.4. The van der Waals surface area contributed by atoms with Crippen molar-refractivity contribution in [2.75, 3.05) is 36.8 Å². The van der Waals surface area contributed by atoms with Gasteiger partial charge in [-0.15, -0.1) is 11.3 Å². The zero-order valence-corrected chi connectivity index (χ0v) is 34.8. The molecule has 2 bridgehead atoms. The minimum absolute atomic E-state index is 0.00493. The van der Waals surface area contributed by atoms with Crippen LogP contribution in [0, 0.1) is 12.7 Å². The molecule has 3 aliphatic heterocycles. The van der Waals surface area contributed by atoms with Crippen molar-refractivity contribution in [2.24, 2.45) is 0 Å². The summed E-state index contributed by atoms with van der Waals surface area (Å²) in [6.45, 7) is 4.67. The van der Waals surface area contributed by atoms with Crippen LogP contribution >= 0.6 is 11.3 Å². The summed E-state index contributed by atoms with van der Waals surface area (Å²) in [4.78, 5) is 44.2. The number of aromatic nitrogens is 5. The highest BCUT2D eigenvalue weighted by molar-refractivity contribution is 7.91. The van der Waals surface area contributed by atoms with Crippen LogP contribution in [-0.4, -0.2) is 98.6 Å². The minimum Gasteiger partial charge on any atom is -0.360 e. The van der Waals surface area contributed by atoms with Crippen molar-refractivity contribution in [3.63, 3.8) is 0 Å². The van der Waals surface area contributed by atoms with Crippen molar-refractivity contribution < 1.29 is 22.4 Å². The van der Waals surface area contributed by atoms with Crippen molar-refractivity contribution in [3.8, 4) is 0 Å². The molecule has 12 nitrogen and oxygen atoms in total. The number of piperazine rings is 1. The predicted molar refractivity (Wildman–Crippen MR) is 227 cm³/mol. The highest BCUT2D eigenvalue weighted by atomic mass is 32.2. The number of hydrogen-bond acceptors (Lipinski definition) is 10. The van der Waals surface area contributed by atoms with Crippen LogP contribution in [0.3, 0.4) is 0 Å². The van der Waals surface area contributed by atoms with Gasteiger partial charge in [-0.25, -0.2) is 22.3 Å². The van der Waals surface area contributed by atoms with Gasteiger partial charge in [-0.3, -0.25) is 19.6 Å². The molecule has 5 aromatic heterocycles. The Kier molecular flexibility index (Phi) is 12.3. The SMILES string of the molecule is Cc1ccc(C2CCN(C(=O)CCS(=O)(=O)c3cccc4ncsc34)CC2)nc1.O=C(CCCCc1cccn2nccc12)N1CC2CCC(C1)N2c1ccncc1F. The van der Waals surface area contributed by atoms with Gasteiger partial charge in [0.25, 0.3) is 0 Å². The van der Waals surface area contributed by atoms with Gasteiger partial charge in [-0.1, -0.05) is 18.2 Å². The monoisotopic (exact) mass is 836 g/mol. The molecule has 0 radical (unpaired) electrons. The lowest BCUT2D eigenvalue weighted by atomic mass is 9.92. The van der Waals surface area contributed by atoms with Crippen LogP contribution in [0.5, 0.6) is 0 Å². The number of unbranched alkanes of at least 4 members (excludes halogenated alkanes) is 1. The lowest BCUT2D eigenvalue weighted by Crippen LogP contribution is -2.55. The first-order chi connectivity index (χ1) is 28.6. The van der Waals surface area contributed by atoms with E-state index in [4.69, 9.17) is 0 Å². The van der Waals surface area contributed by atoms with Gasteiger partial charge in [-0.2, -0.15) is 5.10 Å². The third-order valence-electron chi connectivity index (χ3n) is 11.9. The van der Waals surface area contributed by atoms with Crippen molar-refractivity contribution in [2.45, 2.75) is 87.6 Å². The molecule has 3 fully saturated rings. The summed E-state index contributed by atoms with van der Waals surface area (Å²) >= 11 is 1.31. The number of amides is 2. The zero-order chi connectivity index (χ0) is 40.9. The summed E-state index contributed by atoms with van der Waals surface area (Å²) in [5.41, 5.74) is 7.56. The lowest BCUT2D eigenvalue weighted by Gasteiger charge is -2.42. The van der Waals surface area contributed by atoms with E-state index in [-0.39, 0.29) is 46.8 Å². The fraction of sp³-hybridized carbons (Fsp3) is 0.409. The third kappa shape index (κ3) is 9.15. The molecule has 2 unspecified atom stereocenters. The van der Waals surface area contributed by atoms with Gasteiger partial charge in [-0.05, 0) is 99.4 Å². The molecule has 3 saturated heterocycles. The number of carbonyl (C=O) groups is 2. The molecule has 0 N–H and O–H groups in total. The summed E-state index contributed by atoms with van der Waals surface area (Å²) in [5.74, 6) is 0.0295. The zero-order valence-electron chi connectivity index (χ0n) is 33.2. The fourth-order valence-electron chi connectivity index (χ4n) is 8.79. The standard InChI is InChI=1S/C23H26FN5O.C21H23N3O3S2/c24-20-14-25-11-9-22(20)29-18-7-8-19(29)16-27(15-18)23(30)6-2-1-4-17-5-3-13-28-21(17)10-12-26-28;1-15-5-6-17(22-13-15)16-7-10-24(11-8-16)20(25)9-12-29(26,27)19-4-2-3-18-21(19)28-14-23-18/h3,5,9-14,18-19H,1-2,4,6-8,15-16H2;2-6,13-14,16H,7-12H2,1H3. The van der Waals surface area contributed by atoms with Crippen LogP contribution in [0.25, 0.3) is 15.7 Å². The van der Waals surface area contributed by atoms with Gasteiger partial charge < -0.3 is 14.7 Å². The average molecular weight is 837 g/mol. The number of fused-ring (bicyclic) bond motifs is 4. The Labute approximate surface area is 348 Å². The molecule has 0 spiro atoms. The minimum atomic E-state index is -3.54. The normalized spacial score (nSPS) is 18.3. The van der Waals surface area contributed by atoms with Gasteiger partial charge in [0, 0.05) is 87.5 Å². The number of hydrogen-bond donors (Lipinski definition) is 0. The number of halogens is 1. The molecule has 6 aromatic rings. The van der Waals surface area contributed by atoms with E-state index in [1.807, 2.05) is 47.1 Å². The van der Waals surface area contributed by atoms with Gasteiger partial charge in [0.05, 0.1) is 43.8 Å². The molecule has 2 atom stereocenters. The van der Waals surface area contributed by atoms with E-state index in [9.17, 15) is 22.4 Å². The second-order valence-electron chi connectivity index (χ2n) is 15.8. The fourth-order valence-corrected chi connectivity index (χ4v) is 11.4. The molecule has 9 rings (SSSR count). The Morgan fingerprint density at radius 2 is 1.64 bits per heavy atom. The van der Waals surface area contributed by atoms with Gasteiger partial charge in [0.1, 0.15) is 0 Å². The summed E-state index contributed by atoms with van der Waals surface area (Å²) in [6, 6.07) is 17.5. The number of pyridine rings is 3. The summed E-state index contributed by atoms with van der Waals surface area (Å²) in [5, 5.41) is 4.28. The van der Waals surface area contributed by atoms with E-state index in [0.29, 0.717) is 54.4 Å². The lowest BCUT2D eigenvalue weighted by molar-refractivity contribution is -0.132. The summed E-state index contributed by atoms with van der Waals surface area (Å²) in [7, 11) is -3.54. The molecular formula is C44H49FN8O4S2. The second-order valence-corrected chi connectivity index (χ2v) is 18.7. The first-order valence-corrected chi connectivity index (χ1v) is 23.0. The maximum absolute atomic E-state index is 14.2. The number of rotatable bonds is 11. The number of piperidine rings is 1. The van der Waals surface area contributed by atoms with E-state index in [0.717, 1.165) is 61.7 Å². The largest absolute Gasteiger partial charge is 0.360 e. The van der Waals surface area contributed by atoms with E-state index in [2.05, 4.69) is 43.1 Å². The van der Waals surface area contributed by atoms with Crippen LogP contribution in [-0.2, 0) is 25.8 Å². The van der Waals surface area contributed by atoms with Gasteiger partial charge in [0.2, 0.25) is 11.8 Å². The highest BCUT2D eigenvalue weighted by Gasteiger charge is 2.42. The number of benzene rings is 1. The first kappa shape index (κ1) is 40.5. The smallest absolute Gasteiger partial charge is 0.223 e. The number of sulfone groups is 1. The molecule has 1 aromatic carbocycles. The maximum Gasteiger partial charge on any atom is 0.223 e. The Bertz CT molecular complexity index is 2510. The molecule has 59 heavy (non-hydrogen) atoms. The quantitative estimate of drug-likeness (QED) is 0.126. The van der Waals surface area contributed by atoms with Crippen LogP contribution in [0.2, 0.25) is 0 Å². The van der Waals surface area contributed by atoms with Gasteiger partial charge >= 0.3 is 0 Å². The Balaban J connectivity index is 0.000000164. The number of anilines is 1. The summed E-state index contributed by atoms with van der Waals surface area (Å²) in [6.07, 6.45) is 15.7. The molecular weight excluding hydrogens is 788 g/mol. The molecule has 0 aliphatic carbocycles. The van der Waals surface area contributed by atoms with E-state index in [1.165, 1.54) is 23.1 Å². The number of aryl methyl sites for hydroxylation is 2. The van der Waals surface area contributed by atoms with Crippen LogP contribution in [0.4, 0.5) is 10.1 Å². The van der Waals surface area contributed by atoms with Crippen molar-refractivity contribution >= 4 is 54.4 Å². The topological polar surface area (TPSA) is 134 Å². The van der Waals surface area contributed by atoms with E-state index < -0.39 is 9.84 Å². The van der Waals surface area contributed by atoms with Crippen LogP contribution in [0.1, 0.15) is 74.1 Å².